The maximum absolute atomic E-state index is 12.1. The lowest BCUT2D eigenvalue weighted by atomic mass is 10.1. The first kappa shape index (κ1) is 11.5. The van der Waals surface area contributed by atoms with Crippen molar-refractivity contribution < 1.29 is 0 Å². The Morgan fingerprint density at radius 1 is 1.11 bits per heavy atom. The second-order valence-electron chi connectivity index (χ2n) is 4.45. The van der Waals surface area contributed by atoms with Crippen LogP contribution in [-0.4, -0.2) is 14.2 Å². The molecular formula is C14H14N4O. The summed E-state index contributed by atoms with van der Waals surface area (Å²) >= 11 is 0. The summed E-state index contributed by atoms with van der Waals surface area (Å²) in [6, 6.07) is 9.44. The molecule has 0 bridgehead atoms. The monoisotopic (exact) mass is 254 g/mol. The quantitative estimate of drug-likeness (QED) is 0.717. The molecule has 96 valence electrons. The third kappa shape index (κ3) is 2.22. The number of benzene rings is 1. The van der Waals surface area contributed by atoms with Gasteiger partial charge in [0.05, 0.1) is 6.20 Å². The number of fused-ring (bicyclic) bond motifs is 1. The van der Waals surface area contributed by atoms with Crippen LogP contribution >= 0.6 is 0 Å². The maximum Gasteiger partial charge on any atom is 0.276 e. The Morgan fingerprint density at radius 3 is 2.68 bits per heavy atom. The minimum absolute atomic E-state index is 0.0181. The highest BCUT2D eigenvalue weighted by molar-refractivity contribution is 5.42. The molecule has 0 unspecified atom stereocenters. The minimum Gasteiger partial charge on any atom is -0.399 e. The van der Waals surface area contributed by atoms with E-state index in [0.29, 0.717) is 12.1 Å². The van der Waals surface area contributed by atoms with Gasteiger partial charge in [-0.05, 0) is 30.2 Å². The molecule has 0 aliphatic heterocycles. The summed E-state index contributed by atoms with van der Waals surface area (Å²) in [5, 5.41) is 4.04. The SMILES string of the molecule is Nc1ccc(CCn2ccn3nccc3c2=O)cc1. The molecule has 0 amide bonds. The first-order valence-electron chi connectivity index (χ1n) is 6.11. The molecule has 5 heteroatoms. The Kier molecular flexibility index (Phi) is 2.79. The minimum atomic E-state index is -0.0181. The molecule has 0 aliphatic rings. The normalized spacial score (nSPS) is 10.9. The van der Waals surface area contributed by atoms with Crippen molar-refractivity contribution in [2.45, 2.75) is 13.0 Å². The van der Waals surface area contributed by atoms with E-state index < -0.39 is 0 Å². The average molecular weight is 254 g/mol. The Hall–Kier alpha value is -2.56. The molecule has 0 spiro atoms. The molecule has 2 aromatic heterocycles. The van der Waals surface area contributed by atoms with E-state index in [2.05, 4.69) is 5.10 Å². The van der Waals surface area contributed by atoms with Gasteiger partial charge in [0.1, 0.15) is 5.52 Å². The van der Waals surface area contributed by atoms with Gasteiger partial charge in [-0.15, -0.1) is 0 Å². The van der Waals surface area contributed by atoms with Gasteiger partial charge in [0.25, 0.3) is 5.56 Å². The van der Waals surface area contributed by atoms with Crippen LogP contribution in [0, 0.1) is 0 Å². The van der Waals surface area contributed by atoms with E-state index in [0.717, 1.165) is 17.7 Å². The van der Waals surface area contributed by atoms with Crippen molar-refractivity contribution >= 4 is 11.2 Å². The molecule has 0 radical (unpaired) electrons. The third-order valence-corrected chi connectivity index (χ3v) is 3.16. The fraction of sp³-hybridized carbons (Fsp3) is 0.143. The second kappa shape index (κ2) is 4.61. The summed E-state index contributed by atoms with van der Waals surface area (Å²) in [5.41, 5.74) is 8.14. The zero-order chi connectivity index (χ0) is 13.2. The van der Waals surface area contributed by atoms with Gasteiger partial charge < -0.3 is 10.3 Å². The van der Waals surface area contributed by atoms with Crippen LogP contribution < -0.4 is 11.3 Å². The smallest absolute Gasteiger partial charge is 0.276 e. The Bertz CT molecular complexity index is 755. The van der Waals surface area contributed by atoms with E-state index >= 15 is 0 Å². The van der Waals surface area contributed by atoms with Crippen LogP contribution in [0.1, 0.15) is 5.56 Å². The highest BCUT2D eigenvalue weighted by Gasteiger charge is 2.03. The molecule has 2 heterocycles. The van der Waals surface area contributed by atoms with Gasteiger partial charge in [0, 0.05) is 24.6 Å². The predicted octanol–water partition coefficient (Wildman–Crippen LogP) is 1.32. The molecular weight excluding hydrogens is 240 g/mol. The molecule has 0 saturated carbocycles. The van der Waals surface area contributed by atoms with E-state index in [1.165, 1.54) is 0 Å². The summed E-state index contributed by atoms with van der Waals surface area (Å²) in [6.45, 7) is 0.643. The van der Waals surface area contributed by atoms with E-state index in [1.54, 1.807) is 33.7 Å². The zero-order valence-electron chi connectivity index (χ0n) is 10.4. The molecule has 5 nitrogen and oxygen atoms in total. The van der Waals surface area contributed by atoms with Gasteiger partial charge in [-0.1, -0.05) is 12.1 Å². The Labute approximate surface area is 109 Å². The number of aromatic nitrogens is 3. The number of nitrogens with zero attached hydrogens (tertiary/aromatic N) is 3. The van der Waals surface area contributed by atoms with Gasteiger partial charge >= 0.3 is 0 Å². The summed E-state index contributed by atoms with van der Waals surface area (Å²) in [5.74, 6) is 0. The van der Waals surface area contributed by atoms with Crippen LogP contribution in [0.4, 0.5) is 5.69 Å². The molecule has 0 saturated heterocycles. The second-order valence-corrected chi connectivity index (χ2v) is 4.45. The topological polar surface area (TPSA) is 65.3 Å². The van der Waals surface area contributed by atoms with Crippen molar-refractivity contribution in [2.24, 2.45) is 0 Å². The van der Waals surface area contributed by atoms with Crippen LogP contribution in [0.25, 0.3) is 5.52 Å². The molecule has 19 heavy (non-hydrogen) atoms. The van der Waals surface area contributed by atoms with Crippen LogP contribution in [0.15, 0.2) is 53.7 Å². The number of aryl methyl sites for hydroxylation is 2. The van der Waals surface area contributed by atoms with Crippen molar-refractivity contribution in [3.8, 4) is 0 Å². The molecule has 3 aromatic rings. The van der Waals surface area contributed by atoms with Crippen molar-refractivity contribution in [3.63, 3.8) is 0 Å². The molecule has 0 fully saturated rings. The highest BCUT2D eigenvalue weighted by Crippen LogP contribution is 2.06. The number of nitrogen functional groups attached to an aromatic ring is 1. The zero-order valence-corrected chi connectivity index (χ0v) is 10.4. The van der Waals surface area contributed by atoms with Crippen LogP contribution in [0.2, 0.25) is 0 Å². The predicted molar refractivity (Wildman–Crippen MR) is 74.0 cm³/mol. The van der Waals surface area contributed by atoms with E-state index in [1.807, 2.05) is 24.3 Å². The summed E-state index contributed by atoms with van der Waals surface area (Å²) in [6.07, 6.45) is 5.98. The number of anilines is 1. The van der Waals surface area contributed by atoms with Crippen molar-refractivity contribution in [1.29, 1.82) is 0 Å². The highest BCUT2D eigenvalue weighted by atomic mass is 16.1. The maximum atomic E-state index is 12.1. The Balaban J connectivity index is 1.83. The van der Waals surface area contributed by atoms with Gasteiger partial charge in [-0.25, -0.2) is 4.52 Å². The Morgan fingerprint density at radius 2 is 1.89 bits per heavy atom. The number of rotatable bonds is 3. The van der Waals surface area contributed by atoms with Crippen molar-refractivity contribution in [2.75, 3.05) is 5.73 Å². The molecule has 0 atom stereocenters. The summed E-state index contributed by atoms with van der Waals surface area (Å²) < 4.78 is 3.29. The first-order chi connectivity index (χ1) is 9.24. The van der Waals surface area contributed by atoms with Crippen molar-refractivity contribution in [3.05, 3.63) is 64.8 Å². The van der Waals surface area contributed by atoms with Crippen LogP contribution in [-0.2, 0) is 13.0 Å². The lowest BCUT2D eigenvalue weighted by Crippen LogP contribution is -2.22. The van der Waals surface area contributed by atoms with Gasteiger partial charge in [-0.2, -0.15) is 5.10 Å². The molecule has 0 aliphatic carbocycles. The van der Waals surface area contributed by atoms with E-state index in [-0.39, 0.29) is 5.56 Å². The fourth-order valence-electron chi connectivity index (χ4n) is 2.07. The average Bonchev–Trinajstić information content (AvgIpc) is 2.89. The fourth-order valence-corrected chi connectivity index (χ4v) is 2.07. The first-order valence-corrected chi connectivity index (χ1v) is 6.11. The lowest BCUT2D eigenvalue weighted by molar-refractivity contribution is 0.662. The van der Waals surface area contributed by atoms with Gasteiger partial charge in [0.15, 0.2) is 0 Å². The standard InChI is InChI=1S/C14H14N4O/c15-12-3-1-11(2-4-12)6-8-17-9-10-18-13(14(17)19)5-7-16-18/h1-5,7,9-10H,6,8,15H2. The molecule has 2 N–H and O–H groups in total. The molecule has 3 rings (SSSR count). The largest absolute Gasteiger partial charge is 0.399 e. The van der Waals surface area contributed by atoms with Crippen molar-refractivity contribution in [1.82, 2.24) is 14.2 Å². The van der Waals surface area contributed by atoms with Gasteiger partial charge in [0.2, 0.25) is 0 Å². The number of hydrogen-bond donors (Lipinski definition) is 1. The summed E-state index contributed by atoms with van der Waals surface area (Å²) in [4.78, 5) is 12.1. The van der Waals surface area contributed by atoms with Crippen LogP contribution in [0.5, 0.6) is 0 Å². The number of nitrogens with two attached hydrogens (primary N) is 1. The van der Waals surface area contributed by atoms with Crippen LogP contribution in [0.3, 0.4) is 0 Å². The van der Waals surface area contributed by atoms with Gasteiger partial charge in [-0.3, -0.25) is 4.79 Å². The molecule has 1 aromatic carbocycles. The lowest BCUT2D eigenvalue weighted by Gasteiger charge is -2.06. The third-order valence-electron chi connectivity index (χ3n) is 3.16. The summed E-state index contributed by atoms with van der Waals surface area (Å²) in [7, 11) is 0. The van der Waals surface area contributed by atoms with E-state index in [4.69, 9.17) is 5.73 Å². The van der Waals surface area contributed by atoms with E-state index in [9.17, 15) is 4.79 Å². The number of hydrogen-bond acceptors (Lipinski definition) is 3.